The van der Waals surface area contributed by atoms with E-state index >= 15 is 0 Å². The molecule has 1 saturated heterocycles. The van der Waals surface area contributed by atoms with Crippen LogP contribution in [0.1, 0.15) is 24.8 Å². The van der Waals surface area contributed by atoms with E-state index in [0.29, 0.717) is 6.04 Å². The van der Waals surface area contributed by atoms with Gasteiger partial charge in [-0.25, -0.2) is 4.79 Å². The number of imidazole rings is 1. The average Bonchev–Trinajstić information content (AvgIpc) is 2.71. The molecule has 0 saturated carbocycles. The Kier molecular flexibility index (Phi) is 3.19. The third-order valence-corrected chi connectivity index (χ3v) is 4.33. The fraction of sp³-hybridized carbons (Fsp3) is 0.533. The van der Waals surface area contributed by atoms with Crippen molar-refractivity contribution >= 4 is 11.0 Å². The first kappa shape index (κ1) is 12.5. The van der Waals surface area contributed by atoms with Crippen LogP contribution in [0.2, 0.25) is 0 Å². The number of para-hydroxylation sites is 1. The zero-order valence-electron chi connectivity index (χ0n) is 11.6. The van der Waals surface area contributed by atoms with E-state index in [1.165, 1.54) is 19.3 Å². The van der Waals surface area contributed by atoms with E-state index in [1.807, 2.05) is 29.7 Å². The van der Waals surface area contributed by atoms with Crippen molar-refractivity contribution in [2.45, 2.75) is 38.8 Å². The van der Waals surface area contributed by atoms with Gasteiger partial charge in [0, 0.05) is 12.6 Å². The lowest BCUT2D eigenvalue weighted by Crippen LogP contribution is -2.40. The Hall–Kier alpha value is -1.55. The molecule has 1 atom stereocenters. The second-order valence-electron chi connectivity index (χ2n) is 5.64. The largest absolute Gasteiger partial charge is 0.326 e. The summed E-state index contributed by atoms with van der Waals surface area (Å²) in [4.78, 5) is 17.5. The molecule has 4 heteroatoms. The van der Waals surface area contributed by atoms with E-state index in [-0.39, 0.29) is 5.69 Å². The molecular formula is C15H21N3O. The van der Waals surface area contributed by atoms with Gasteiger partial charge >= 0.3 is 5.69 Å². The fourth-order valence-corrected chi connectivity index (χ4v) is 3.09. The van der Waals surface area contributed by atoms with E-state index in [2.05, 4.69) is 16.9 Å². The molecule has 1 unspecified atom stereocenters. The Balaban J connectivity index is 1.98. The normalized spacial score (nSPS) is 21.1. The maximum Gasteiger partial charge on any atom is 0.326 e. The summed E-state index contributed by atoms with van der Waals surface area (Å²) < 4.78 is 1.90. The molecule has 2 aromatic rings. The molecule has 1 aromatic carbocycles. The summed E-state index contributed by atoms with van der Waals surface area (Å²) >= 11 is 0. The summed E-state index contributed by atoms with van der Waals surface area (Å²) in [6.07, 6.45) is 3.72. The Morgan fingerprint density at radius 3 is 3.00 bits per heavy atom. The standard InChI is InChI=1S/C15H21N3O/c1-11-6-5-8-13-14(11)16-15(19)18(13)10-12-7-3-4-9-17(12)2/h5-6,8,12H,3-4,7,9-10H2,1-2H3,(H,16,19). The molecule has 0 spiro atoms. The van der Waals surface area contributed by atoms with Crippen molar-refractivity contribution < 1.29 is 0 Å². The van der Waals surface area contributed by atoms with Crippen LogP contribution in [-0.4, -0.2) is 34.1 Å². The minimum absolute atomic E-state index is 0.0169. The number of nitrogens with one attached hydrogen (secondary N) is 1. The Morgan fingerprint density at radius 2 is 2.21 bits per heavy atom. The predicted octanol–water partition coefficient (Wildman–Crippen LogP) is 2.12. The van der Waals surface area contributed by atoms with Gasteiger partial charge in [0.2, 0.25) is 0 Å². The lowest BCUT2D eigenvalue weighted by molar-refractivity contribution is 0.167. The van der Waals surface area contributed by atoms with Gasteiger partial charge in [-0.15, -0.1) is 0 Å². The van der Waals surface area contributed by atoms with Gasteiger partial charge in [-0.1, -0.05) is 18.6 Å². The summed E-state index contributed by atoms with van der Waals surface area (Å²) in [5.74, 6) is 0. The molecule has 4 nitrogen and oxygen atoms in total. The van der Waals surface area contributed by atoms with E-state index in [9.17, 15) is 4.79 Å². The van der Waals surface area contributed by atoms with Crippen LogP contribution < -0.4 is 5.69 Å². The van der Waals surface area contributed by atoms with E-state index in [4.69, 9.17) is 0 Å². The number of aryl methyl sites for hydroxylation is 1. The van der Waals surface area contributed by atoms with Gasteiger partial charge in [0.05, 0.1) is 11.0 Å². The van der Waals surface area contributed by atoms with Crippen LogP contribution in [0.4, 0.5) is 0 Å². The van der Waals surface area contributed by atoms with Crippen molar-refractivity contribution in [3.05, 3.63) is 34.2 Å². The zero-order chi connectivity index (χ0) is 13.4. The summed E-state index contributed by atoms with van der Waals surface area (Å²) in [7, 11) is 2.16. The molecule has 1 fully saturated rings. The monoisotopic (exact) mass is 259 g/mol. The number of hydrogen-bond donors (Lipinski definition) is 1. The maximum atomic E-state index is 12.2. The van der Waals surface area contributed by atoms with Crippen LogP contribution >= 0.6 is 0 Å². The van der Waals surface area contributed by atoms with E-state index < -0.39 is 0 Å². The first-order chi connectivity index (χ1) is 9.16. The minimum atomic E-state index is 0.0169. The van der Waals surface area contributed by atoms with Crippen molar-refractivity contribution in [3.63, 3.8) is 0 Å². The van der Waals surface area contributed by atoms with Gasteiger partial charge in [-0.2, -0.15) is 0 Å². The number of piperidine rings is 1. The number of hydrogen-bond acceptors (Lipinski definition) is 2. The molecule has 0 amide bonds. The SMILES string of the molecule is Cc1cccc2c1[nH]c(=O)n2CC1CCCCN1C. The van der Waals surface area contributed by atoms with Gasteiger partial charge < -0.3 is 9.88 Å². The number of likely N-dealkylation sites (tertiary alicyclic amines) is 1. The number of H-pyrrole nitrogens is 1. The molecule has 19 heavy (non-hydrogen) atoms. The van der Waals surface area contributed by atoms with Gasteiger partial charge in [-0.05, 0) is 45.0 Å². The molecular weight excluding hydrogens is 238 g/mol. The second-order valence-corrected chi connectivity index (χ2v) is 5.64. The number of aromatic nitrogens is 2. The highest BCUT2D eigenvalue weighted by atomic mass is 16.1. The van der Waals surface area contributed by atoms with Crippen molar-refractivity contribution in [1.82, 2.24) is 14.5 Å². The molecule has 0 radical (unpaired) electrons. The molecule has 1 aromatic heterocycles. The van der Waals surface area contributed by atoms with Gasteiger partial charge in [0.25, 0.3) is 0 Å². The van der Waals surface area contributed by atoms with Crippen LogP contribution in [0, 0.1) is 6.92 Å². The van der Waals surface area contributed by atoms with Crippen LogP contribution in [0.15, 0.2) is 23.0 Å². The number of benzene rings is 1. The topological polar surface area (TPSA) is 41.0 Å². The minimum Gasteiger partial charge on any atom is -0.305 e. The Labute approximate surface area is 113 Å². The van der Waals surface area contributed by atoms with E-state index in [0.717, 1.165) is 29.7 Å². The summed E-state index contributed by atoms with van der Waals surface area (Å²) in [6, 6.07) is 6.57. The molecule has 102 valence electrons. The summed E-state index contributed by atoms with van der Waals surface area (Å²) in [5.41, 5.74) is 3.16. The van der Waals surface area contributed by atoms with Crippen molar-refractivity contribution in [1.29, 1.82) is 0 Å². The Bertz CT molecular complexity index is 640. The lowest BCUT2D eigenvalue weighted by atomic mass is 10.0. The Morgan fingerprint density at radius 1 is 1.37 bits per heavy atom. The van der Waals surface area contributed by atoms with Crippen LogP contribution in [-0.2, 0) is 6.54 Å². The quantitative estimate of drug-likeness (QED) is 0.897. The van der Waals surface area contributed by atoms with Crippen molar-refractivity contribution in [2.24, 2.45) is 0 Å². The molecule has 0 aliphatic carbocycles. The highest BCUT2D eigenvalue weighted by molar-refractivity contribution is 5.78. The van der Waals surface area contributed by atoms with Crippen molar-refractivity contribution in [2.75, 3.05) is 13.6 Å². The second kappa shape index (κ2) is 4.85. The molecule has 1 N–H and O–H groups in total. The first-order valence-electron chi connectivity index (χ1n) is 7.05. The van der Waals surface area contributed by atoms with Gasteiger partial charge in [0.1, 0.15) is 0 Å². The maximum absolute atomic E-state index is 12.2. The molecule has 2 heterocycles. The molecule has 1 aliphatic heterocycles. The summed E-state index contributed by atoms with van der Waals surface area (Å²) in [5, 5.41) is 0. The number of aromatic amines is 1. The van der Waals surface area contributed by atoms with Crippen LogP contribution in [0.5, 0.6) is 0 Å². The van der Waals surface area contributed by atoms with E-state index in [1.54, 1.807) is 0 Å². The molecule has 3 rings (SSSR count). The molecule has 0 bridgehead atoms. The fourth-order valence-electron chi connectivity index (χ4n) is 3.09. The lowest BCUT2D eigenvalue weighted by Gasteiger charge is -2.32. The van der Waals surface area contributed by atoms with Crippen LogP contribution in [0.25, 0.3) is 11.0 Å². The third kappa shape index (κ3) is 2.21. The number of fused-ring (bicyclic) bond motifs is 1. The predicted molar refractivity (Wildman–Crippen MR) is 77.6 cm³/mol. The number of nitrogens with zero attached hydrogens (tertiary/aromatic N) is 2. The van der Waals surface area contributed by atoms with Gasteiger partial charge in [0.15, 0.2) is 0 Å². The number of rotatable bonds is 2. The number of likely N-dealkylation sites (N-methyl/N-ethyl adjacent to an activating group) is 1. The highest BCUT2D eigenvalue weighted by Gasteiger charge is 2.21. The average molecular weight is 259 g/mol. The smallest absolute Gasteiger partial charge is 0.305 e. The highest BCUT2D eigenvalue weighted by Crippen LogP contribution is 2.19. The van der Waals surface area contributed by atoms with Gasteiger partial charge in [-0.3, -0.25) is 4.57 Å². The van der Waals surface area contributed by atoms with Crippen LogP contribution in [0.3, 0.4) is 0 Å². The third-order valence-electron chi connectivity index (χ3n) is 4.33. The van der Waals surface area contributed by atoms with Crippen molar-refractivity contribution in [3.8, 4) is 0 Å². The molecule has 1 aliphatic rings. The first-order valence-corrected chi connectivity index (χ1v) is 7.05. The zero-order valence-corrected chi connectivity index (χ0v) is 11.6. The summed E-state index contributed by atoms with van der Waals surface area (Å²) in [6.45, 7) is 3.97.